The van der Waals surface area contributed by atoms with Gasteiger partial charge in [-0.15, -0.1) is 0 Å². The van der Waals surface area contributed by atoms with Gasteiger partial charge in [-0.3, -0.25) is 9.11 Å². The van der Waals surface area contributed by atoms with Crippen molar-refractivity contribution in [3.8, 4) is 0 Å². The van der Waals surface area contributed by atoms with Gasteiger partial charge in [-0.1, -0.05) is 194 Å². The molecule has 0 saturated carbocycles. The van der Waals surface area contributed by atoms with E-state index in [4.69, 9.17) is 17.5 Å². The second kappa shape index (κ2) is 44.6. The Balaban J connectivity index is -0.000000327. The number of carbonyl (C=O) groups excluding carboxylic acids is 2. The van der Waals surface area contributed by atoms with E-state index in [9.17, 15) is 19.8 Å². The number of hydrogen-bond donors (Lipinski definition) is 2. The molecule has 272 valence electrons. The van der Waals surface area contributed by atoms with E-state index in [-0.39, 0.29) is 35.9 Å². The van der Waals surface area contributed by atoms with Crippen LogP contribution in [0, 0.1) is 0 Å². The van der Waals surface area contributed by atoms with E-state index in [2.05, 4.69) is 13.8 Å². The molecular formula is C36H72MgO8S. The van der Waals surface area contributed by atoms with Crippen LogP contribution in [0.15, 0.2) is 0 Å². The summed E-state index contributed by atoms with van der Waals surface area (Å²) in [5, 5.41) is 20.4. The van der Waals surface area contributed by atoms with Crippen LogP contribution in [0.25, 0.3) is 0 Å². The van der Waals surface area contributed by atoms with Crippen LogP contribution >= 0.6 is 0 Å². The van der Waals surface area contributed by atoms with Crippen LogP contribution in [0.2, 0.25) is 0 Å². The molecule has 0 heterocycles. The first kappa shape index (κ1) is 52.4. The van der Waals surface area contributed by atoms with Gasteiger partial charge in [0.05, 0.1) is 0 Å². The molecule has 0 bridgehead atoms. The van der Waals surface area contributed by atoms with Crippen molar-refractivity contribution in [2.24, 2.45) is 0 Å². The van der Waals surface area contributed by atoms with Gasteiger partial charge in [0.15, 0.2) is 0 Å². The molecule has 0 aromatic rings. The van der Waals surface area contributed by atoms with E-state index in [0.29, 0.717) is 0 Å². The molecule has 0 aliphatic rings. The summed E-state index contributed by atoms with van der Waals surface area (Å²) in [6.07, 6.45) is 39.7. The third-order valence-corrected chi connectivity index (χ3v) is 7.97. The second-order valence-electron chi connectivity index (χ2n) is 12.6. The maximum absolute atomic E-state index is 10.2. The van der Waals surface area contributed by atoms with Gasteiger partial charge in [0, 0.05) is 11.9 Å². The predicted molar refractivity (Wildman–Crippen MR) is 189 cm³/mol. The molecule has 8 nitrogen and oxygen atoms in total. The maximum atomic E-state index is 10.2. The molecule has 46 heavy (non-hydrogen) atoms. The summed E-state index contributed by atoms with van der Waals surface area (Å²) < 4.78 is 31.6. The number of hydrogen-bond acceptors (Lipinski definition) is 6. The molecule has 0 aliphatic carbocycles. The molecule has 0 atom stereocenters. The summed E-state index contributed by atoms with van der Waals surface area (Å²) in [5.41, 5.74) is 0. The SMILES string of the molecule is CCCCCCCCCCCCCCCCCC(=O)[O-].CCCCCCCCCCCCCCCCCC(=O)[O-].O=S(=O)(O)O.[Mg+2]. The molecule has 0 aromatic carbocycles. The van der Waals surface area contributed by atoms with Crippen LogP contribution in [0.1, 0.15) is 219 Å². The molecule has 2 N–H and O–H groups in total. The molecule has 0 spiro atoms. The fourth-order valence-electron chi connectivity index (χ4n) is 5.28. The van der Waals surface area contributed by atoms with Crippen molar-refractivity contribution in [1.82, 2.24) is 0 Å². The Labute approximate surface area is 300 Å². The Morgan fingerprint density at radius 2 is 0.522 bits per heavy atom. The second-order valence-corrected chi connectivity index (χ2v) is 13.5. The van der Waals surface area contributed by atoms with Gasteiger partial charge in [0.1, 0.15) is 0 Å². The standard InChI is InChI=1S/2C18H36O2.Mg.H2O4S/c2*1-2-3-4-5-6-7-8-9-10-11-12-13-14-15-16-17-18(19)20;;1-5(2,3)4/h2*2-17H2,1H3,(H,19,20);;(H2,1,2,3,4)/q;;+2;/p-2. The average Bonchev–Trinajstić information content (AvgIpc) is 2.96. The fraction of sp³-hybridized carbons (Fsp3) is 0.944. The Bertz CT molecular complexity index is 652. The monoisotopic (exact) mass is 688 g/mol. The van der Waals surface area contributed by atoms with E-state index < -0.39 is 22.3 Å². The van der Waals surface area contributed by atoms with Crippen LogP contribution in [0.4, 0.5) is 0 Å². The van der Waals surface area contributed by atoms with Gasteiger partial charge in [-0.2, -0.15) is 8.42 Å². The largest absolute Gasteiger partial charge is 2.00 e. The first-order valence-corrected chi connectivity index (χ1v) is 20.0. The van der Waals surface area contributed by atoms with Gasteiger partial charge in [0.2, 0.25) is 0 Å². The van der Waals surface area contributed by atoms with Gasteiger partial charge in [0.25, 0.3) is 0 Å². The summed E-state index contributed by atoms with van der Waals surface area (Å²) in [7, 11) is -4.67. The Morgan fingerprint density at radius 1 is 0.391 bits per heavy atom. The smallest absolute Gasteiger partial charge is 0.550 e. The zero-order valence-corrected chi connectivity index (χ0v) is 32.3. The van der Waals surface area contributed by atoms with Crippen LogP contribution in [-0.2, 0) is 20.0 Å². The molecule has 0 unspecified atom stereocenters. The molecule has 0 aliphatic heterocycles. The first-order chi connectivity index (χ1) is 21.5. The molecule has 0 fully saturated rings. The molecule has 10 heteroatoms. The zero-order valence-electron chi connectivity index (χ0n) is 30.1. The number of rotatable bonds is 32. The van der Waals surface area contributed by atoms with E-state index in [1.165, 1.54) is 167 Å². The third-order valence-electron chi connectivity index (χ3n) is 7.97. The van der Waals surface area contributed by atoms with Crippen molar-refractivity contribution in [1.29, 1.82) is 0 Å². The van der Waals surface area contributed by atoms with Gasteiger partial charge in [-0.25, -0.2) is 0 Å². The Morgan fingerprint density at radius 3 is 0.652 bits per heavy atom. The number of unbranched alkanes of at least 4 members (excludes halogenated alkanes) is 28. The molecule has 0 rings (SSSR count). The summed E-state index contributed by atoms with van der Waals surface area (Å²) in [5.74, 6) is -1.81. The molecule has 0 saturated heterocycles. The number of carboxylic acid groups (broad SMARTS) is 2. The average molecular weight is 689 g/mol. The van der Waals surface area contributed by atoms with E-state index in [1.807, 2.05) is 0 Å². The minimum absolute atomic E-state index is 0. The van der Waals surface area contributed by atoms with Gasteiger partial charge in [-0.05, 0) is 25.7 Å². The van der Waals surface area contributed by atoms with E-state index >= 15 is 0 Å². The minimum Gasteiger partial charge on any atom is -0.550 e. The zero-order chi connectivity index (χ0) is 34.3. The van der Waals surface area contributed by atoms with Gasteiger partial charge >= 0.3 is 33.5 Å². The van der Waals surface area contributed by atoms with Crippen molar-refractivity contribution in [3.63, 3.8) is 0 Å². The van der Waals surface area contributed by atoms with Crippen molar-refractivity contribution in [3.05, 3.63) is 0 Å². The van der Waals surface area contributed by atoms with Crippen LogP contribution in [-0.4, -0.2) is 52.5 Å². The Kier molecular flexibility index (Phi) is 50.8. The Hall–Kier alpha value is -0.424. The van der Waals surface area contributed by atoms with Crippen molar-refractivity contribution >= 4 is 45.4 Å². The van der Waals surface area contributed by atoms with Crippen molar-refractivity contribution in [2.75, 3.05) is 0 Å². The number of aliphatic carboxylic acids is 2. The van der Waals surface area contributed by atoms with Gasteiger partial charge < -0.3 is 19.8 Å². The molecular weight excluding hydrogens is 617 g/mol. The van der Waals surface area contributed by atoms with Crippen LogP contribution in [0.5, 0.6) is 0 Å². The van der Waals surface area contributed by atoms with Crippen molar-refractivity contribution in [2.45, 2.75) is 219 Å². The predicted octanol–water partition coefficient (Wildman–Crippen LogP) is 8.96. The summed E-state index contributed by atoms with van der Waals surface area (Å²) in [6.45, 7) is 4.53. The number of carboxylic acids is 2. The quantitative estimate of drug-likeness (QED) is 0.0403. The maximum Gasteiger partial charge on any atom is 2.00 e. The topological polar surface area (TPSA) is 155 Å². The normalized spacial score (nSPS) is 10.7. The summed E-state index contributed by atoms with van der Waals surface area (Å²) >= 11 is 0. The van der Waals surface area contributed by atoms with Crippen LogP contribution < -0.4 is 10.2 Å². The first-order valence-electron chi connectivity index (χ1n) is 18.6. The number of carbonyl (C=O) groups is 2. The fourth-order valence-corrected chi connectivity index (χ4v) is 5.28. The molecule has 0 aromatic heterocycles. The molecule has 0 radical (unpaired) electrons. The summed E-state index contributed by atoms with van der Waals surface area (Å²) in [4.78, 5) is 20.4. The van der Waals surface area contributed by atoms with Crippen LogP contribution in [0.3, 0.4) is 0 Å². The van der Waals surface area contributed by atoms with E-state index in [0.717, 1.165) is 25.7 Å². The summed E-state index contributed by atoms with van der Waals surface area (Å²) in [6, 6.07) is 0. The minimum atomic E-state index is -4.67. The van der Waals surface area contributed by atoms with Crippen molar-refractivity contribution < 1.29 is 37.3 Å². The third kappa shape index (κ3) is 70.1. The van der Waals surface area contributed by atoms with E-state index in [1.54, 1.807) is 0 Å². The molecule has 0 amide bonds.